The highest BCUT2D eigenvalue weighted by molar-refractivity contribution is 5.94. The molecule has 0 spiro atoms. The van der Waals surface area contributed by atoms with Crippen molar-refractivity contribution in [3.63, 3.8) is 0 Å². The van der Waals surface area contributed by atoms with Gasteiger partial charge in [0.15, 0.2) is 0 Å². The third-order valence-corrected chi connectivity index (χ3v) is 5.05. The number of hydrogen-bond acceptors (Lipinski definition) is 3. The van der Waals surface area contributed by atoms with E-state index >= 15 is 0 Å². The van der Waals surface area contributed by atoms with Crippen molar-refractivity contribution in [2.45, 2.75) is 6.04 Å². The number of amides is 1. The Morgan fingerprint density at radius 3 is 2.50 bits per heavy atom. The van der Waals surface area contributed by atoms with Crippen molar-refractivity contribution >= 4 is 16.9 Å². The first-order valence-electron chi connectivity index (χ1n) is 9.67. The monoisotopic (exact) mass is 393 g/mol. The summed E-state index contributed by atoms with van der Waals surface area (Å²) in [5, 5.41) is 7.50. The maximum Gasteiger partial charge on any atom is 0.255 e. The molecule has 146 valence electrons. The molecule has 0 aliphatic rings. The summed E-state index contributed by atoms with van der Waals surface area (Å²) in [4.78, 5) is 20.5. The Hall–Kier alpha value is -4.19. The molecule has 6 heteroatoms. The molecule has 0 bridgehead atoms. The molecule has 2 N–H and O–H groups in total. The summed E-state index contributed by atoms with van der Waals surface area (Å²) >= 11 is 0. The van der Waals surface area contributed by atoms with E-state index in [9.17, 15) is 4.79 Å². The van der Waals surface area contributed by atoms with E-state index in [1.807, 2.05) is 78.9 Å². The zero-order valence-electron chi connectivity index (χ0n) is 16.1. The maximum atomic E-state index is 13.1. The van der Waals surface area contributed by atoms with E-state index in [2.05, 4.69) is 20.4 Å². The number of nitrogens with zero attached hydrogens (tertiary/aromatic N) is 3. The van der Waals surface area contributed by atoms with Gasteiger partial charge in [-0.3, -0.25) is 4.79 Å². The van der Waals surface area contributed by atoms with Gasteiger partial charge in [0.25, 0.3) is 5.91 Å². The topological polar surface area (TPSA) is 75.6 Å². The highest BCUT2D eigenvalue weighted by Gasteiger charge is 2.19. The predicted octanol–water partition coefficient (Wildman–Crippen LogP) is 4.27. The zero-order chi connectivity index (χ0) is 20.3. The molecular weight excluding hydrogens is 374 g/mol. The van der Waals surface area contributed by atoms with Crippen LogP contribution in [-0.4, -0.2) is 25.7 Å². The van der Waals surface area contributed by atoms with Gasteiger partial charge in [-0.25, -0.2) is 9.67 Å². The van der Waals surface area contributed by atoms with Gasteiger partial charge in [-0.1, -0.05) is 54.6 Å². The van der Waals surface area contributed by atoms with Crippen molar-refractivity contribution in [3.05, 3.63) is 114 Å². The molecule has 6 nitrogen and oxygen atoms in total. The second-order valence-electron chi connectivity index (χ2n) is 7.01. The fourth-order valence-electron chi connectivity index (χ4n) is 3.51. The van der Waals surface area contributed by atoms with Crippen LogP contribution in [0.15, 0.2) is 97.6 Å². The number of nitrogens with one attached hydrogen (secondary N) is 2. The highest BCUT2D eigenvalue weighted by atomic mass is 16.1. The number of hydrogen-bond donors (Lipinski definition) is 2. The zero-order valence-corrected chi connectivity index (χ0v) is 16.1. The van der Waals surface area contributed by atoms with Crippen LogP contribution in [0, 0.1) is 0 Å². The lowest BCUT2D eigenvalue weighted by molar-refractivity contribution is 0.0943. The van der Waals surface area contributed by atoms with Crippen LogP contribution in [0.25, 0.3) is 16.7 Å². The molecule has 2 heterocycles. The van der Waals surface area contributed by atoms with Crippen molar-refractivity contribution in [1.29, 1.82) is 0 Å². The fourth-order valence-corrected chi connectivity index (χ4v) is 3.51. The number of fused-ring (bicyclic) bond motifs is 1. The first-order valence-corrected chi connectivity index (χ1v) is 9.67. The Morgan fingerprint density at radius 2 is 1.70 bits per heavy atom. The first kappa shape index (κ1) is 17.9. The molecule has 1 amide bonds. The SMILES string of the molecule is O=C(NC(c1ccccc1)c1ccc2nc[nH]c2c1)c1cnn(-c2ccccc2)c1. The summed E-state index contributed by atoms with van der Waals surface area (Å²) in [6.45, 7) is 0. The molecule has 2 aromatic heterocycles. The summed E-state index contributed by atoms with van der Waals surface area (Å²) in [6, 6.07) is 25.3. The molecule has 0 aliphatic carbocycles. The average Bonchev–Trinajstić information content (AvgIpc) is 3.48. The van der Waals surface area contributed by atoms with Gasteiger partial charge in [0.05, 0.1) is 40.9 Å². The fraction of sp³-hybridized carbons (Fsp3) is 0.0417. The van der Waals surface area contributed by atoms with Crippen LogP contribution in [0.4, 0.5) is 0 Å². The van der Waals surface area contributed by atoms with Crippen LogP contribution in [-0.2, 0) is 0 Å². The summed E-state index contributed by atoms with van der Waals surface area (Å²) in [6.07, 6.45) is 5.00. The lowest BCUT2D eigenvalue weighted by Gasteiger charge is -2.19. The van der Waals surface area contributed by atoms with E-state index in [1.165, 1.54) is 0 Å². The van der Waals surface area contributed by atoms with E-state index in [0.717, 1.165) is 27.8 Å². The molecule has 3 aromatic carbocycles. The van der Waals surface area contributed by atoms with E-state index in [4.69, 9.17) is 0 Å². The Morgan fingerprint density at radius 1 is 0.933 bits per heavy atom. The molecule has 0 saturated carbocycles. The standard InChI is InChI=1S/C24H19N5O/c30-24(19-14-27-29(15-19)20-9-5-2-6-10-20)28-23(17-7-3-1-4-8-17)18-11-12-21-22(13-18)26-16-25-21/h1-16,23H,(H,25,26)(H,28,30). The van der Waals surface area contributed by atoms with Gasteiger partial charge in [0.1, 0.15) is 0 Å². The van der Waals surface area contributed by atoms with Crippen molar-refractivity contribution < 1.29 is 4.79 Å². The minimum absolute atomic E-state index is 0.184. The summed E-state index contributed by atoms with van der Waals surface area (Å²) < 4.78 is 1.70. The number of imidazole rings is 1. The van der Waals surface area contributed by atoms with Gasteiger partial charge in [0, 0.05) is 6.20 Å². The third kappa shape index (κ3) is 3.46. The van der Waals surface area contributed by atoms with Gasteiger partial charge in [-0.05, 0) is 35.4 Å². The number of carbonyl (C=O) groups excluding carboxylic acids is 1. The van der Waals surface area contributed by atoms with Crippen LogP contribution in [0.3, 0.4) is 0 Å². The van der Waals surface area contributed by atoms with E-state index in [-0.39, 0.29) is 11.9 Å². The van der Waals surface area contributed by atoms with Gasteiger partial charge >= 0.3 is 0 Å². The minimum Gasteiger partial charge on any atom is -0.345 e. The molecule has 5 rings (SSSR count). The van der Waals surface area contributed by atoms with Gasteiger partial charge in [-0.2, -0.15) is 5.10 Å². The molecule has 1 atom stereocenters. The van der Waals surface area contributed by atoms with Gasteiger partial charge in [-0.15, -0.1) is 0 Å². The van der Waals surface area contributed by atoms with Gasteiger partial charge in [0.2, 0.25) is 0 Å². The molecule has 1 unspecified atom stereocenters. The number of H-pyrrole nitrogens is 1. The number of rotatable bonds is 5. The van der Waals surface area contributed by atoms with Crippen molar-refractivity contribution in [2.75, 3.05) is 0 Å². The van der Waals surface area contributed by atoms with Crippen molar-refractivity contribution in [2.24, 2.45) is 0 Å². The molecule has 0 radical (unpaired) electrons. The van der Waals surface area contributed by atoms with Crippen LogP contribution in [0.1, 0.15) is 27.5 Å². The summed E-state index contributed by atoms with van der Waals surface area (Å²) in [5.41, 5.74) is 5.20. The van der Waals surface area contributed by atoms with E-state index in [1.54, 1.807) is 23.4 Å². The van der Waals surface area contributed by atoms with Gasteiger partial charge < -0.3 is 10.3 Å². The van der Waals surface area contributed by atoms with Crippen LogP contribution in [0.5, 0.6) is 0 Å². The molecule has 30 heavy (non-hydrogen) atoms. The van der Waals surface area contributed by atoms with E-state index in [0.29, 0.717) is 5.56 Å². The Kier molecular flexibility index (Phi) is 4.57. The minimum atomic E-state index is -0.300. The summed E-state index contributed by atoms with van der Waals surface area (Å²) in [7, 11) is 0. The smallest absolute Gasteiger partial charge is 0.255 e. The highest BCUT2D eigenvalue weighted by Crippen LogP contribution is 2.25. The Labute approximate surface area is 173 Å². The molecule has 0 fully saturated rings. The van der Waals surface area contributed by atoms with Crippen LogP contribution in [0.2, 0.25) is 0 Å². The van der Waals surface area contributed by atoms with Crippen LogP contribution >= 0.6 is 0 Å². The normalized spacial score (nSPS) is 12.0. The lowest BCUT2D eigenvalue weighted by atomic mass is 9.98. The quantitative estimate of drug-likeness (QED) is 0.468. The predicted molar refractivity (Wildman–Crippen MR) is 115 cm³/mol. The molecule has 0 saturated heterocycles. The maximum absolute atomic E-state index is 13.1. The Balaban J connectivity index is 1.46. The number of carbonyl (C=O) groups is 1. The van der Waals surface area contributed by atoms with Crippen molar-refractivity contribution in [3.8, 4) is 5.69 Å². The lowest BCUT2D eigenvalue weighted by Crippen LogP contribution is -2.29. The second kappa shape index (κ2) is 7.67. The van der Waals surface area contributed by atoms with Crippen molar-refractivity contribution in [1.82, 2.24) is 25.1 Å². The van der Waals surface area contributed by atoms with Crippen LogP contribution < -0.4 is 5.32 Å². The Bertz CT molecular complexity index is 1290. The number of aromatic nitrogens is 4. The molecule has 5 aromatic rings. The second-order valence-corrected chi connectivity index (χ2v) is 7.01. The molecule has 0 aliphatic heterocycles. The number of benzene rings is 3. The number of aromatic amines is 1. The van der Waals surface area contributed by atoms with E-state index < -0.39 is 0 Å². The first-order chi connectivity index (χ1) is 14.8. The average molecular weight is 393 g/mol. The summed E-state index contributed by atoms with van der Waals surface area (Å²) in [5.74, 6) is -0.184. The third-order valence-electron chi connectivity index (χ3n) is 5.05. The number of para-hydroxylation sites is 1. The largest absolute Gasteiger partial charge is 0.345 e. The molecular formula is C24H19N5O.